The monoisotopic (exact) mass is 193 g/mol. The molecule has 0 unspecified atom stereocenters. The summed E-state index contributed by atoms with van der Waals surface area (Å²) in [4.78, 5) is 4.06. The SMILES string of the molecule is Oc1cccnc1NC[C@H]1CCNC1. The highest BCUT2D eigenvalue weighted by atomic mass is 16.3. The Balaban J connectivity index is 1.88. The van der Waals surface area contributed by atoms with Crippen molar-refractivity contribution in [3.63, 3.8) is 0 Å². The van der Waals surface area contributed by atoms with Gasteiger partial charge in [0.15, 0.2) is 11.6 Å². The van der Waals surface area contributed by atoms with E-state index in [0.717, 1.165) is 19.6 Å². The van der Waals surface area contributed by atoms with E-state index in [0.29, 0.717) is 11.7 Å². The summed E-state index contributed by atoms with van der Waals surface area (Å²) in [7, 11) is 0. The normalized spacial score (nSPS) is 21.0. The summed E-state index contributed by atoms with van der Waals surface area (Å²) in [5, 5.41) is 15.9. The lowest BCUT2D eigenvalue weighted by Gasteiger charge is -2.10. The molecule has 14 heavy (non-hydrogen) atoms. The first-order chi connectivity index (χ1) is 6.86. The first-order valence-electron chi connectivity index (χ1n) is 4.95. The van der Waals surface area contributed by atoms with E-state index in [1.807, 2.05) is 0 Å². The minimum absolute atomic E-state index is 0.221. The first kappa shape index (κ1) is 9.27. The van der Waals surface area contributed by atoms with Crippen molar-refractivity contribution < 1.29 is 5.11 Å². The molecule has 0 aliphatic carbocycles. The van der Waals surface area contributed by atoms with E-state index < -0.39 is 0 Å². The predicted molar refractivity (Wildman–Crippen MR) is 55.4 cm³/mol. The molecule has 1 aromatic heterocycles. The number of anilines is 1. The van der Waals surface area contributed by atoms with Gasteiger partial charge < -0.3 is 15.7 Å². The lowest BCUT2D eigenvalue weighted by molar-refractivity contribution is 0.474. The van der Waals surface area contributed by atoms with Crippen LogP contribution in [0.2, 0.25) is 0 Å². The van der Waals surface area contributed by atoms with Crippen LogP contribution in [0.25, 0.3) is 0 Å². The second kappa shape index (κ2) is 4.28. The molecule has 1 aliphatic heterocycles. The third kappa shape index (κ3) is 2.14. The Morgan fingerprint density at radius 1 is 1.64 bits per heavy atom. The van der Waals surface area contributed by atoms with Gasteiger partial charge in [-0.05, 0) is 37.6 Å². The zero-order valence-electron chi connectivity index (χ0n) is 8.03. The molecular weight excluding hydrogens is 178 g/mol. The predicted octanol–water partition coefficient (Wildman–Crippen LogP) is 0.809. The minimum Gasteiger partial charge on any atom is -0.504 e. The number of rotatable bonds is 3. The van der Waals surface area contributed by atoms with Crippen LogP contribution in [0.5, 0.6) is 5.75 Å². The number of aromatic nitrogens is 1. The lowest BCUT2D eigenvalue weighted by atomic mass is 10.1. The van der Waals surface area contributed by atoms with Gasteiger partial charge in [0, 0.05) is 12.7 Å². The average Bonchev–Trinajstić information content (AvgIpc) is 2.69. The molecule has 0 radical (unpaired) electrons. The molecule has 0 spiro atoms. The van der Waals surface area contributed by atoms with Gasteiger partial charge >= 0.3 is 0 Å². The molecule has 4 heteroatoms. The molecule has 1 saturated heterocycles. The van der Waals surface area contributed by atoms with Crippen LogP contribution < -0.4 is 10.6 Å². The summed E-state index contributed by atoms with van der Waals surface area (Å²) >= 11 is 0. The largest absolute Gasteiger partial charge is 0.504 e. The molecule has 2 rings (SSSR count). The summed E-state index contributed by atoms with van der Waals surface area (Å²) in [5.74, 6) is 1.45. The summed E-state index contributed by atoms with van der Waals surface area (Å²) in [6, 6.07) is 3.36. The topological polar surface area (TPSA) is 57.2 Å². The van der Waals surface area contributed by atoms with Crippen LogP contribution in [0.1, 0.15) is 6.42 Å². The van der Waals surface area contributed by atoms with Crippen molar-refractivity contribution in [1.82, 2.24) is 10.3 Å². The molecule has 4 nitrogen and oxygen atoms in total. The minimum atomic E-state index is 0.221. The van der Waals surface area contributed by atoms with E-state index in [1.54, 1.807) is 18.3 Å². The van der Waals surface area contributed by atoms with Gasteiger partial charge in [-0.25, -0.2) is 4.98 Å². The smallest absolute Gasteiger partial charge is 0.168 e. The fourth-order valence-electron chi connectivity index (χ4n) is 1.66. The van der Waals surface area contributed by atoms with E-state index in [2.05, 4.69) is 15.6 Å². The van der Waals surface area contributed by atoms with Crippen molar-refractivity contribution in [3.8, 4) is 5.75 Å². The second-order valence-electron chi connectivity index (χ2n) is 3.61. The fraction of sp³-hybridized carbons (Fsp3) is 0.500. The Hall–Kier alpha value is -1.29. The Labute approximate surface area is 83.4 Å². The van der Waals surface area contributed by atoms with Gasteiger partial charge in [-0.3, -0.25) is 0 Å². The lowest BCUT2D eigenvalue weighted by Crippen LogP contribution is -2.17. The van der Waals surface area contributed by atoms with Crippen molar-refractivity contribution in [2.75, 3.05) is 25.0 Å². The van der Waals surface area contributed by atoms with Gasteiger partial charge in [0.1, 0.15) is 0 Å². The van der Waals surface area contributed by atoms with Crippen molar-refractivity contribution in [2.45, 2.75) is 6.42 Å². The van der Waals surface area contributed by atoms with Crippen molar-refractivity contribution >= 4 is 5.82 Å². The Morgan fingerprint density at radius 3 is 3.29 bits per heavy atom. The highest BCUT2D eigenvalue weighted by molar-refractivity contribution is 5.48. The standard InChI is InChI=1S/C10H15N3O/c14-9-2-1-4-12-10(9)13-7-8-3-5-11-6-8/h1-2,4,8,11,14H,3,5-7H2,(H,12,13)/t8-/m0/s1. The van der Waals surface area contributed by atoms with Crippen molar-refractivity contribution in [2.24, 2.45) is 5.92 Å². The Morgan fingerprint density at radius 2 is 2.57 bits per heavy atom. The van der Waals surface area contributed by atoms with Crippen molar-refractivity contribution in [1.29, 1.82) is 0 Å². The molecule has 76 valence electrons. The van der Waals surface area contributed by atoms with Gasteiger partial charge in [0.25, 0.3) is 0 Å². The third-order valence-electron chi connectivity index (χ3n) is 2.51. The quantitative estimate of drug-likeness (QED) is 0.665. The molecule has 2 heterocycles. The van der Waals surface area contributed by atoms with Gasteiger partial charge in [0.2, 0.25) is 0 Å². The zero-order chi connectivity index (χ0) is 9.80. The van der Waals surface area contributed by atoms with Gasteiger partial charge in [0.05, 0.1) is 0 Å². The molecule has 0 saturated carbocycles. The maximum Gasteiger partial charge on any atom is 0.168 e. The van der Waals surface area contributed by atoms with Crippen LogP contribution in [0.3, 0.4) is 0 Å². The van der Waals surface area contributed by atoms with E-state index >= 15 is 0 Å². The highest BCUT2D eigenvalue weighted by Crippen LogP contribution is 2.19. The number of nitrogens with zero attached hydrogens (tertiary/aromatic N) is 1. The molecule has 1 aromatic rings. The Bertz CT molecular complexity index is 297. The van der Waals surface area contributed by atoms with Crippen LogP contribution in [-0.2, 0) is 0 Å². The summed E-state index contributed by atoms with van der Waals surface area (Å²) < 4.78 is 0. The molecule has 3 N–H and O–H groups in total. The zero-order valence-corrected chi connectivity index (χ0v) is 8.03. The Kier molecular flexibility index (Phi) is 2.84. The van der Waals surface area contributed by atoms with Crippen LogP contribution >= 0.6 is 0 Å². The van der Waals surface area contributed by atoms with E-state index in [4.69, 9.17) is 0 Å². The first-order valence-corrected chi connectivity index (χ1v) is 4.95. The molecule has 0 aromatic carbocycles. The van der Waals surface area contributed by atoms with Crippen molar-refractivity contribution in [3.05, 3.63) is 18.3 Å². The van der Waals surface area contributed by atoms with Gasteiger partial charge in [-0.2, -0.15) is 0 Å². The van der Waals surface area contributed by atoms with Crippen LogP contribution in [-0.4, -0.2) is 29.7 Å². The van der Waals surface area contributed by atoms with Gasteiger partial charge in [-0.15, -0.1) is 0 Å². The molecule has 1 aliphatic rings. The number of nitrogens with one attached hydrogen (secondary N) is 2. The molecule has 1 fully saturated rings. The van der Waals surface area contributed by atoms with E-state index in [9.17, 15) is 5.11 Å². The van der Waals surface area contributed by atoms with Crippen LogP contribution in [0.4, 0.5) is 5.82 Å². The fourth-order valence-corrected chi connectivity index (χ4v) is 1.66. The maximum atomic E-state index is 9.44. The second-order valence-corrected chi connectivity index (χ2v) is 3.61. The number of pyridine rings is 1. The van der Waals surface area contributed by atoms with Crippen LogP contribution in [0, 0.1) is 5.92 Å². The molecule has 0 bridgehead atoms. The summed E-state index contributed by atoms with van der Waals surface area (Å²) in [6.07, 6.45) is 2.87. The summed E-state index contributed by atoms with van der Waals surface area (Å²) in [5.41, 5.74) is 0. The third-order valence-corrected chi connectivity index (χ3v) is 2.51. The molecule has 0 amide bonds. The van der Waals surface area contributed by atoms with Gasteiger partial charge in [-0.1, -0.05) is 0 Å². The number of aromatic hydroxyl groups is 1. The summed E-state index contributed by atoms with van der Waals surface area (Å²) in [6.45, 7) is 3.03. The average molecular weight is 193 g/mol. The number of hydrogen-bond donors (Lipinski definition) is 3. The molecular formula is C10H15N3O. The number of hydrogen-bond acceptors (Lipinski definition) is 4. The molecule has 1 atom stereocenters. The maximum absolute atomic E-state index is 9.44. The van der Waals surface area contributed by atoms with E-state index in [1.165, 1.54) is 6.42 Å². The van der Waals surface area contributed by atoms with E-state index in [-0.39, 0.29) is 5.75 Å². The highest BCUT2D eigenvalue weighted by Gasteiger charge is 2.14. The van der Waals surface area contributed by atoms with Crippen LogP contribution in [0.15, 0.2) is 18.3 Å².